The zero-order valence-corrected chi connectivity index (χ0v) is 9.79. The second-order valence-corrected chi connectivity index (χ2v) is 4.58. The summed E-state index contributed by atoms with van der Waals surface area (Å²) in [5.41, 5.74) is -1.35. The highest BCUT2D eigenvalue weighted by molar-refractivity contribution is 6.08. The van der Waals surface area contributed by atoms with Crippen molar-refractivity contribution < 1.29 is 29.6 Å². The average Bonchev–Trinajstić information content (AvgIpc) is 2.54. The summed E-state index contributed by atoms with van der Waals surface area (Å²) in [6.07, 6.45) is -2.22. The van der Waals surface area contributed by atoms with Gasteiger partial charge in [-0.15, -0.1) is 0 Å². The van der Waals surface area contributed by atoms with Crippen LogP contribution >= 0.6 is 0 Å². The molecule has 1 saturated heterocycles. The molecule has 4 atom stereocenters. The summed E-state index contributed by atoms with van der Waals surface area (Å²) < 4.78 is 5.38. The minimum atomic E-state index is -1.43. The van der Waals surface area contributed by atoms with E-state index in [-0.39, 0.29) is 12.0 Å². The SMILES string of the molecule is C[C@@]1(C2=CCC(=O)NC2=O)O[C@H](CO)[C@@H](O)[C@H]1O. The first-order valence-corrected chi connectivity index (χ1v) is 5.59. The van der Waals surface area contributed by atoms with E-state index in [4.69, 9.17) is 9.84 Å². The van der Waals surface area contributed by atoms with E-state index in [9.17, 15) is 19.8 Å². The number of nitrogens with one attached hydrogen (secondary N) is 1. The molecule has 0 aromatic heterocycles. The van der Waals surface area contributed by atoms with Crippen LogP contribution in [0.2, 0.25) is 0 Å². The van der Waals surface area contributed by atoms with Crippen LogP contribution in [0, 0.1) is 0 Å². The van der Waals surface area contributed by atoms with Crippen LogP contribution in [-0.4, -0.2) is 57.7 Å². The molecule has 0 unspecified atom stereocenters. The third kappa shape index (κ3) is 1.85. The van der Waals surface area contributed by atoms with Crippen molar-refractivity contribution in [2.45, 2.75) is 37.3 Å². The Kier molecular flexibility index (Phi) is 3.24. The van der Waals surface area contributed by atoms with E-state index in [1.807, 2.05) is 0 Å². The summed E-state index contributed by atoms with van der Waals surface area (Å²) in [6.45, 7) is 0.972. The van der Waals surface area contributed by atoms with Crippen LogP contribution in [-0.2, 0) is 14.3 Å². The average molecular weight is 257 g/mol. The molecule has 0 bridgehead atoms. The topological polar surface area (TPSA) is 116 Å². The Morgan fingerprint density at radius 1 is 1.50 bits per heavy atom. The molecule has 4 N–H and O–H groups in total. The molecule has 7 heteroatoms. The van der Waals surface area contributed by atoms with Gasteiger partial charge in [0.1, 0.15) is 23.9 Å². The maximum absolute atomic E-state index is 11.7. The predicted octanol–water partition coefficient (Wildman–Crippen LogP) is -2.17. The minimum Gasteiger partial charge on any atom is -0.394 e. The fourth-order valence-corrected chi connectivity index (χ4v) is 2.31. The van der Waals surface area contributed by atoms with E-state index < -0.39 is 42.3 Å². The lowest BCUT2D eigenvalue weighted by Gasteiger charge is -2.31. The standard InChI is InChI=1S/C11H15NO6/c1-11(5-2-3-7(14)12-10(5)17)9(16)8(15)6(4-13)18-11/h2,6,8-9,13,15-16H,3-4H2,1H3,(H,12,14,17)/t6-,8-,9-,11+/m1/s1. The van der Waals surface area contributed by atoms with Crippen molar-refractivity contribution in [3.8, 4) is 0 Å². The van der Waals surface area contributed by atoms with Crippen LogP contribution in [0.1, 0.15) is 13.3 Å². The normalized spacial score (nSPS) is 40.7. The molecule has 2 heterocycles. The third-order valence-electron chi connectivity index (χ3n) is 3.37. The van der Waals surface area contributed by atoms with Gasteiger partial charge in [0.05, 0.1) is 6.61 Å². The molecule has 100 valence electrons. The maximum Gasteiger partial charge on any atom is 0.256 e. The van der Waals surface area contributed by atoms with Gasteiger partial charge in [-0.2, -0.15) is 0 Å². The first kappa shape index (κ1) is 13.2. The van der Waals surface area contributed by atoms with E-state index in [1.54, 1.807) is 0 Å². The fraction of sp³-hybridized carbons (Fsp3) is 0.636. The van der Waals surface area contributed by atoms with E-state index >= 15 is 0 Å². The number of amides is 2. The lowest BCUT2D eigenvalue weighted by molar-refractivity contribution is -0.132. The van der Waals surface area contributed by atoms with Crippen molar-refractivity contribution in [1.82, 2.24) is 5.32 Å². The minimum absolute atomic E-state index is 0.00658. The molecule has 2 aliphatic heterocycles. The quantitative estimate of drug-likeness (QED) is 0.418. The van der Waals surface area contributed by atoms with Crippen molar-refractivity contribution in [2.24, 2.45) is 0 Å². The van der Waals surface area contributed by atoms with E-state index in [1.165, 1.54) is 13.0 Å². The predicted molar refractivity (Wildman–Crippen MR) is 58.2 cm³/mol. The number of carbonyl (C=O) groups excluding carboxylic acids is 2. The largest absolute Gasteiger partial charge is 0.394 e. The van der Waals surface area contributed by atoms with Crippen LogP contribution in [0.25, 0.3) is 0 Å². The van der Waals surface area contributed by atoms with Gasteiger partial charge in [0.25, 0.3) is 5.91 Å². The number of rotatable bonds is 2. The molecule has 2 amide bonds. The van der Waals surface area contributed by atoms with Crippen molar-refractivity contribution in [3.63, 3.8) is 0 Å². The van der Waals surface area contributed by atoms with Crippen molar-refractivity contribution >= 4 is 11.8 Å². The van der Waals surface area contributed by atoms with Crippen LogP contribution in [0.4, 0.5) is 0 Å². The molecule has 0 saturated carbocycles. The van der Waals surface area contributed by atoms with Gasteiger partial charge < -0.3 is 20.1 Å². The van der Waals surface area contributed by atoms with Gasteiger partial charge in [0.15, 0.2) is 0 Å². The van der Waals surface area contributed by atoms with Crippen molar-refractivity contribution in [3.05, 3.63) is 11.6 Å². The highest BCUT2D eigenvalue weighted by Crippen LogP contribution is 2.37. The fourth-order valence-electron chi connectivity index (χ4n) is 2.31. The summed E-state index contributed by atoms with van der Waals surface area (Å²) in [4.78, 5) is 22.7. The Bertz CT molecular complexity index is 420. The number of carbonyl (C=O) groups is 2. The Balaban J connectivity index is 2.32. The Hall–Kier alpha value is -1.28. The van der Waals surface area contributed by atoms with Gasteiger partial charge >= 0.3 is 0 Å². The molecule has 18 heavy (non-hydrogen) atoms. The van der Waals surface area contributed by atoms with Crippen molar-refractivity contribution in [2.75, 3.05) is 6.61 Å². The van der Waals surface area contributed by atoms with Gasteiger partial charge in [-0.3, -0.25) is 14.9 Å². The van der Waals surface area contributed by atoms with Gasteiger partial charge in [-0.1, -0.05) is 6.08 Å². The van der Waals surface area contributed by atoms with Crippen LogP contribution in [0.5, 0.6) is 0 Å². The number of ether oxygens (including phenoxy) is 1. The molecular formula is C11H15NO6. The molecule has 0 aromatic carbocycles. The molecule has 0 radical (unpaired) electrons. The summed E-state index contributed by atoms with van der Waals surface area (Å²) in [5.74, 6) is -1.09. The number of imide groups is 1. The van der Waals surface area contributed by atoms with Gasteiger partial charge in [0, 0.05) is 12.0 Å². The van der Waals surface area contributed by atoms with Crippen LogP contribution < -0.4 is 5.32 Å². The maximum atomic E-state index is 11.7. The molecule has 7 nitrogen and oxygen atoms in total. The van der Waals surface area contributed by atoms with E-state index in [0.717, 1.165) is 0 Å². The van der Waals surface area contributed by atoms with Crippen LogP contribution in [0.15, 0.2) is 11.6 Å². The number of aliphatic hydroxyl groups is 3. The lowest BCUT2D eigenvalue weighted by Crippen LogP contribution is -2.49. The second-order valence-electron chi connectivity index (χ2n) is 4.58. The van der Waals surface area contributed by atoms with Gasteiger partial charge in [-0.05, 0) is 6.92 Å². The summed E-state index contributed by atoms with van der Waals surface area (Å²) in [7, 11) is 0. The first-order valence-electron chi connectivity index (χ1n) is 5.59. The van der Waals surface area contributed by atoms with E-state index in [2.05, 4.69) is 5.32 Å². The highest BCUT2D eigenvalue weighted by atomic mass is 16.6. The molecule has 2 aliphatic rings. The summed E-state index contributed by atoms with van der Waals surface area (Å²) in [5, 5.41) is 30.8. The second kappa shape index (κ2) is 4.43. The molecule has 2 rings (SSSR count). The highest BCUT2D eigenvalue weighted by Gasteiger charge is 2.54. The molecule has 0 spiro atoms. The third-order valence-corrected chi connectivity index (χ3v) is 3.37. The molecule has 0 aromatic rings. The molecule has 0 aliphatic carbocycles. The number of hydrogen-bond acceptors (Lipinski definition) is 6. The first-order chi connectivity index (χ1) is 8.40. The molecular weight excluding hydrogens is 242 g/mol. The van der Waals surface area contributed by atoms with Crippen LogP contribution in [0.3, 0.4) is 0 Å². The zero-order chi connectivity index (χ0) is 13.5. The lowest BCUT2D eigenvalue weighted by atomic mass is 9.86. The monoisotopic (exact) mass is 257 g/mol. The van der Waals surface area contributed by atoms with E-state index in [0.29, 0.717) is 0 Å². The van der Waals surface area contributed by atoms with Gasteiger partial charge in [-0.25, -0.2) is 0 Å². The number of aliphatic hydroxyl groups excluding tert-OH is 3. The smallest absolute Gasteiger partial charge is 0.256 e. The Morgan fingerprint density at radius 3 is 2.67 bits per heavy atom. The Morgan fingerprint density at radius 2 is 2.17 bits per heavy atom. The summed E-state index contributed by atoms with van der Waals surface area (Å²) >= 11 is 0. The van der Waals surface area contributed by atoms with Crippen molar-refractivity contribution in [1.29, 1.82) is 0 Å². The van der Waals surface area contributed by atoms with Gasteiger partial charge in [0.2, 0.25) is 5.91 Å². The summed E-state index contributed by atoms with van der Waals surface area (Å²) in [6, 6.07) is 0. The molecule has 1 fully saturated rings. The number of hydrogen-bond donors (Lipinski definition) is 4. The zero-order valence-electron chi connectivity index (χ0n) is 9.79. The Labute approximate surface area is 103 Å².